The minimum absolute atomic E-state index is 0.0947. The second-order valence-electron chi connectivity index (χ2n) is 5.21. The minimum Gasteiger partial charge on any atom is -0.396 e. The fourth-order valence-electron chi connectivity index (χ4n) is 2.33. The second kappa shape index (κ2) is 5.33. The number of aliphatic hydroxyl groups is 1. The van der Waals surface area contributed by atoms with E-state index in [1.807, 2.05) is 0 Å². The Kier molecular flexibility index (Phi) is 3.97. The molecule has 0 radical (unpaired) electrons. The summed E-state index contributed by atoms with van der Waals surface area (Å²) in [6.07, 6.45) is 2.91. The molecule has 18 heavy (non-hydrogen) atoms. The van der Waals surface area contributed by atoms with Crippen molar-refractivity contribution in [1.82, 2.24) is 5.32 Å². The first-order chi connectivity index (χ1) is 8.58. The zero-order valence-electron chi connectivity index (χ0n) is 10.5. The van der Waals surface area contributed by atoms with Gasteiger partial charge in [-0.1, -0.05) is 6.07 Å². The fraction of sp³-hybridized carbons (Fsp3) is 0.571. The Bertz CT molecular complexity index is 398. The van der Waals surface area contributed by atoms with Crippen molar-refractivity contribution >= 4 is 0 Å². The Morgan fingerprint density at radius 1 is 1.33 bits per heavy atom. The second-order valence-corrected chi connectivity index (χ2v) is 5.21. The molecule has 2 rings (SSSR count). The fourth-order valence-corrected chi connectivity index (χ4v) is 2.33. The van der Waals surface area contributed by atoms with Crippen molar-refractivity contribution in [3.8, 4) is 0 Å². The van der Waals surface area contributed by atoms with E-state index in [0.29, 0.717) is 6.54 Å². The summed E-state index contributed by atoms with van der Waals surface area (Å²) in [5.74, 6) is -1.02. The van der Waals surface area contributed by atoms with Crippen molar-refractivity contribution < 1.29 is 13.9 Å². The molecule has 1 fully saturated rings. The van der Waals surface area contributed by atoms with E-state index in [1.54, 1.807) is 6.92 Å². The molecule has 0 spiro atoms. The van der Waals surface area contributed by atoms with E-state index in [9.17, 15) is 8.78 Å². The Morgan fingerprint density at radius 3 is 2.44 bits per heavy atom. The lowest BCUT2D eigenvalue weighted by atomic mass is 10.0. The first-order valence-corrected chi connectivity index (χ1v) is 6.36. The molecule has 0 bridgehead atoms. The molecule has 0 heterocycles. The van der Waals surface area contributed by atoms with Crippen LogP contribution in [0.15, 0.2) is 18.2 Å². The molecular weight excluding hydrogens is 236 g/mol. The van der Waals surface area contributed by atoms with Gasteiger partial charge >= 0.3 is 0 Å². The maximum Gasteiger partial charge on any atom is 0.130 e. The van der Waals surface area contributed by atoms with Crippen LogP contribution in [0.3, 0.4) is 0 Å². The van der Waals surface area contributed by atoms with Gasteiger partial charge in [0.25, 0.3) is 0 Å². The Hall–Kier alpha value is -1.00. The number of rotatable bonds is 6. The average molecular weight is 255 g/mol. The number of aliphatic hydroxyl groups excluding tert-OH is 1. The van der Waals surface area contributed by atoms with Gasteiger partial charge in [0.15, 0.2) is 0 Å². The molecule has 1 aromatic carbocycles. The first kappa shape index (κ1) is 13.4. The molecule has 100 valence electrons. The summed E-state index contributed by atoms with van der Waals surface area (Å²) < 4.78 is 27.1. The summed E-state index contributed by atoms with van der Waals surface area (Å²) in [4.78, 5) is 0. The van der Waals surface area contributed by atoms with Gasteiger partial charge in [0.05, 0.1) is 0 Å². The molecule has 1 saturated carbocycles. The monoisotopic (exact) mass is 255 g/mol. The Balaban J connectivity index is 1.98. The van der Waals surface area contributed by atoms with Gasteiger partial charge in [-0.2, -0.15) is 0 Å². The summed E-state index contributed by atoms with van der Waals surface area (Å²) in [7, 11) is 0. The van der Waals surface area contributed by atoms with E-state index in [1.165, 1.54) is 18.2 Å². The van der Waals surface area contributed by atoms with E-state index in [0.717, 1.165) is 19.3 Å². The van der Waals surface area contributed by atoms with E-state index in [-0.39, 0.29) is 23.6 Å². The third kappa shape index (κ3) is 2.87. The van der Waals surface area contributed by atoms with Crippen molar-refractivity contribution in [2.75, 3.05) is 13.2 Å². The number of hydrogen-bond acceptors (Lipinski definition) is 2. The average Bonchev–Trinajstić information content (AvgIpc) is 3.07. The van der Waals surface area contributed by atoms with Crippen LogP contribution in [0.5, 0.6) is 0 Å². The van der Waals surface area contributed by atoms with Crippen molar-refractivity contribution in [2.45, 2.75) is 32.2 Å². The normalized spacial score (nSPS) is 18.7. The Labute approximate surface area is 106 Å². The van der Waals surface area contributed by atoms with Crippen LogP contribution in [0.1, 0.15) is 37.8 Å². The van der Waals surface area contributed by atoms with Crippen LogP contribution in [-0.2, 0) is 0 Å². The van der Waals surface area contributed by atoms with Crippen molar-refractivity contribution in [3.63, 3.8) is 0 Å². The summed E-state index contributed by atoms with van der Waals surface area (Å²) in [5, 5.41) is 12.1. The van der Waals surface area contributed by atoms with Gasteiger partial charge in [-0.05, 0) is 43.7 Å². The van der Waals surface area contributed by atoms with Gasteiger partial charge in [0, 0.05) is 24.8 Å². The lowest BCUT2D eigenvalue weighted by Gasteiger charge is -2.20. The predicted molar refractivity (Wildman–Crippen MR) is 66.1 cm³/mol. The van der Waals surface area contributed by atoms with Crippen LogP contribution < -0.4 is 5.32 Å². The number of nitrogens with one attached hydrogen (secondary N) is 1. The highest BCUT2D eigenvalue weighted by Crippen LogP contribution is 2.48. The zero-order chi connectivity index (χ0) is 13.2. The van der Waals surface area contributed by atoms with Crippen LogP contribution in [0, 0.1) is 17.0 Å². The van der Waals surface area contributed by atoms with E-state index >= 15 is 0 Å². The molecule has 2 nitrogen and oxygen atoms in total. The first-order valence-electron chi connectivity index (χ1n) is 6.36. The van der Waals surface area contributed by atoms with Crippen molar-refractivity contribution in [1.29, 1.82) is 0 Å². The number of hydrogen-bond donors (Lipinski definition) is 2. The highest BCUT2D eigenvalue weighted by atomic mass is 19.1. The van der Waals surface area contributed by atoms with Crippen molar-refractivity contribution in [2.24, 2.45) is 5.41 Å². The van der Waals surface area contributed by atoms with Gasteiger partial charge in [0.1, 0.15) is 11.6 Å². The van der Waals surface area contributed by atoms with Crippen LogP contribution >= 0.6 is 0 Å². The third-order valence-corrected chi connectivity index (χ3v) is 3.82. The van der Waals surface area contributed by atoms with Crippen LogP contribution in [0.25, 0.3) is 0 Å². The zero-order valence-corrected chi connectivity index (χ0v) is 10.5. The van der Waals surface area contributed by atoms with Crippen molar-refractivity contribution in [3.05, 3.63) is 35.4 Å². The smallest absolute Gasteiger partial charge is 0.130 e. The predicted octanol–water partition coefficient (Wildman–Crippen LogP) is 2.78. The quantitative estimate of drug-likeness (QED) is 0.819. The highest BCUT2D eigenvalue weighted by Gasteiger charge is 2.41. The molecule has 0 saturated heterocycles. The largest absolute Gasteiger partial charge is 0.396 e. The SMILES string of the molecule is CC(NCC1(CCO)CC1)c1c(F)cccc1F. The maximum absolute atomic E-state index is 13.6. The van der Waals surface area contributed by atoms with Crippen LogP contribution in [0.4, 0.5) is 8.78 Å². The number of halogens is 2. The molecule has 0 amide bonds. The standard InChI is InChI=1S/C14H19F2NO/c1-10(13-11(15)3-2-4-12(13)16)17-9-14(5-6-14)7-8-18/h2-4,10,17-18H,5-9H2,1H3. The van der Waals surface area contributed by atoms with Gasteiger partial charge in [0.2, 0.25) is 0 Å². The maximum atomic E-state index is 13.6. The summed E-state index contributed by atoms with van der Waals surface area (Å²) in [6.45, 7) is 2.63. The molecule has 1 aliphatic rings. The molecule has 1 aliphatic carbocycles. The Morgan fingerprint density at radius 2 is 1.94 bits per heavy atom. The molecular formula is C14H19F2NO. The van der Waals surface area contributed by atoms with Gasteiger partial charge in [-0.15, -0.1) is 0 Å². The molecule has 1 atom stereocenters. The molecule has 0 aromatic heterocycles. The van der Waals surface area contributed by atoms with Crippen LogP contribution in [0.2, 0.25) is 0 Å². The van der Waals surface area contributed by atoms with E-state index < -0.39 is 11.6 Å². The topological polar surface area (TPSA) is 32.3 Å². The summed E-state index contributed by atoms with van der Waals surface area (Å²) >= 11 is 0. The lowest BCUT2D eigenvalue weighted by molar-refractivity contribution is 0.242. The summed E-state index contributed by atoms with van der Waals surface area (Å²) in [6, 6.07) is 3.56. The highest BCUT2D eigenvalue weighted by molar-refractivity contribution is 5.22. The molecule has 4 heteroatoms. The molecule has 0 aliphatic heterocycles. The van der Waals surface area contributed by atoms with Crippen LogP contribution in [-0.4, -0.2) is 18.3 Å². The number of benzene rings is 1. The third-order valence-electron chi connectivity index (χ3n) is 3.82. The molecule has 2 N–H and O–H groups in total. The van der Waals surface area contributed by atoms with Gasteiger partial charge in [-0.3, -0.25) is 0 Å². The van der Waals surface area contributed by atoms with E-state index in [2.05, 4.69) is 5.32 Å². The molecule has 1 unspecified atom stereocenters. The molecule has 1 aromatic rings. The van der Waals surface area contributed by atoms with E-state index in [4.69, 9.17) is 5.11 Å². The van der Waals surface area contributed by atoms with Gasteiger partial charge in [-0.25, -0.2) is 8.78 Å². The minimum atomic E-state index is -0.512. The lowest BCUT2D eigenvalue weighted by Crippen LogP contribution is -2.28. The summed E-state index contributed by atoms with van der Waals surface area (Å²) in [5.41, 5.74) is 0.238. The van der Waals surface area contributed by atoms with Gasteiger partial charge < -0.3 is 10.4 Å².